The summed E-state index contributed by atoms with van der Waals surface area (Å²) in [6.07, 6.45) is 3.15. The lowest BCUT2D eigenvalue weighted by molar-refractivity contribution is -0.114. The second-order valence-corrected chi connectivity index (χ2v) is 7.56. The second-order valence-electron chi connectivity index (χ2n) is 7.56. The fourth-order valence-corrected chi connectivity index (χ4v) is 3.46. The highest BCUT2D eigenvalue weighted by molar-refractivity contribution is 5.88. The summed E-state index contributed by atoms with van der Waals surface area (Å²) < 4.78 is 2.82. The summed E-state index contributed by atoms with van der Waals surface area (Å²) in [5, 5.41) is 34.3. The number of aromatic nitrogens is 8. The lowest BCUT2D eigenvalue weighted by atomic mass is 10.2. The Kier molecular flexibility index (Phi) is 5.30. The fourth-order valence-electron chi connectivity index (χ4n) is 3.46. The number of amides is 1. The van der Waals surface area contributed by atoms with E-state index in [2.05, 4.69) is 51.9 Å². The SMILES string of the molecule is CC(=O)Nc1ccc(-c2nn3nc(C)c(/N=N/c4c(C#N)c(C)nn4-c4ncccn4)c3[nH]2)cc1. The average Bonchev–Trinajstić information content (AvgIpc) is 3.48. The molecule has 35 heavy (non-hydrogen) atoms. The third-order valence-electron chi connectivity index (χ3n) is 5.06. The Labute approximate surface area is 198 Å². The van der Waals surface area contributed by atoms with E-state index >= 15 is 0 Å². The van der Waals surface area contributed by atoms with Gasteiger partial charge in [0.15, 0.2) is 23.0 Å². The predicted octanol–water partition coefficient (Wildman–Crippen LogP) is 3.56. The quantitative estimate of drug-likeness (QED) is 0.373. The highest BCUT2D eigenvalue weighted by atomic mass is 16.1. The zero-order valence-corrected chi connectivity index (χ0v) is 18.9. The number of H-pyrrole nitrogens is 1. The fraction of sp³-hybridized carbons (Fsp3) is 0.136. The van der Waals surface area contributed by atoms with E-state index in [1.807, 2.05) is 12.1 Å². The maximum atomic E-state index is 11.2. The summed E-state index contributed by atoms with van der Waals surface area (Å²) in [5.41, 5.74) is 3.82. The lowest BCUT2D eigenvalue weighted by Gasteiger charge is -2.02. The van der Waals surface area contributed by atoms with E-state index in [4.69, 9.17) is 0 Å². The molecule has 4 heterocycles. The minimum absolute atomic E-state index is 0.144. The Morgan fingerprint density at radius 1 is 1.06 bits per heavy atom. The van der Waals surface area contributed by atoms with Crippen molar-refractivity contribution in [3.8, 4) is 23.4 Å². The first-order chi connectivity index (χ1) is 16.9. The number of rotatable bonds is 5. The number of hydrogen-bond donors (Lipinski definition) is 2. The van der Waals surface area contributed by atoms with Crippen LogP contribution in [0.5, 0.6) is 0 Å². The van der Waals surface area contributed by atoms with Crippen LogP contribution in [-0.2, 0) is 4.79 Å². The normalized spacial score (nSPS) is 11.3. The van der Waals surface area contributed by atoms with Gasteiger partial charge >= 0.3 is 0 Å². The number of hydrogen-bond acceptors (Lipinski definition) is 9. The molecule has 1 aromatic carbocycles. The van der Waals surface area contributed by atoms with Crippen LogP contribution in [0.2, 0.25) is 0 Å². The molecule has 0 saturated heterocycles. The summed E-state index contributed by atoms with van der Waals surface area (Å²) in [7, 11) is 0. The number of azo groups is 1. The zero-order valence-electron chi connectivity index (χ0n) is 18.9. The van der Waals surface area contributed by atoms with Crippen molar-refractivity contribution in [1.82, 2.24) is 39.6 Å². The number of aromatic amines is 1. The molecule has 0 aliphatic carbocycles. The molecule has 0 unspecified atom stereocenters. The zero-order chi connectivity index (χ0) is 24.5. The number of benzene rings is 1. The first-order valence-electron chi connectivity index (χ1n) is 10.5. The van der Waals surface area contributed by atoms with Gasteiger partial charge in [-0.1, -0.05) is 0 Å². The maximum absolute atomic E-state index is 11.2. The number of nitrogens with zero attached hydrogens (tertiary/aromatic N) is 10. The molecule has 0 atom stereocenters. The third-order valence-corrected chi connectivity index (χ3v) is 5.06. The van der Waals surface area contributed by atoms with E-state index < -0.39 is 0 Å². The summed E-state index contributed by atoms with van der Waals surface area (Å²) >= 11 is 0. The highest BCUT2D eigenvalue weighted by Gasteiger charge is 2.19. The van der Waals surface area contributed by atoms with Crippen LogP contribution in [0.3, 0.4) is 0 Å². The molecule has 0 bridgehead atoms. The van der Waals surface area contributed by atoms with Crippen molar-refractivity contribution >= 4 is 28.7 Å². The number of carbonyl (C=O) groups excluding carboxylic acids is 1. The molecule has 5 rings (SSSR count). The van der Waals surface area contributed by atoms with Crippen LogP contribution < -0.4 is 5.32 Å². The minimum atomic E-state index is -0.144. The van der Waals surface area contributed by atoms with Crippen molar-refractivity contribution in [2.24, 2.45) is 10.2 Å². The van der Waals surface area contributed by atoms with Gasteiger partial charge in [0, 0.05) is 30.6 Å². The number of fused-ring (bicyclic) bond motifs is 1. The Balaban J connectivity index is 1.53. The van der Waals surface area contributed by atoms with Crippen molar-refractivity contribution < 1.29 is 4.79 Å². The van der Waals surface area contributed by atoms with Crippen LogP contribution >= 0.6 is 0 Å². The topological polar surface area (TPSA) is 167 Å². The van der Waals surface area contributed by atoms with Gasteiger partial charge in [0.2, 0.25) is 5.91 Å². The Morgan fingerprint density at radius 2 is 1.80 bits per heavy atom. The van der Waals surface area contributed by atoms with Gasteiger partial charge < -0.3 is 10.3 Å². The smallest absolute Gasteiger partial charge is 0.252 e. The molecule has 0 aliphatic heterocycles. The molecule has 0 aliphatic rings. The van der Waals surface area contributed by atoms with Crippen molar-refractivity contribution in [3.05, 3.63) is 59.7 Å². The largest absolute Gasteiger partial charge is 0.326 e. The number of anilines is 1. The number of carbonyl (C=O) groups is 1. The molecule has 2 N–H and O–H groups in total. The van der Waals surface area contributed by atoms with Crippen molar-refractivity contribution in [2.45, 2.75) is 20.8 Å². The second kappa shape index (κ2) is 8.60. The monoisotopic (exact) mass is 466 g/mol. The highest BCUT2D eigenvalue weighted by Crippen LogP contribution is 2.30. The van der Waals surface area contributed by atoms with Gasteiger partial charge in [-0.15, -0.1) is 20.0 Å². The molecule has 13 nitrogen and oxygen atoms in total. The van der Waals surface area contributed by atoms with Crippen molar-refractivity contribution in [1.29, 1.82) is 5.26 Å². The molecular formula is C22H18N12O. The Bertz CT molecular complexity index is 1620. The van der Waals surface area contributed by atoms with Crippen molar-refractivity contribution in [3.63, 3.8) is 0 Å². The molecule has 13 heteroatoms. The van der Waals surface area contributed by atoms with Crippen LogP contribution in [0.4, 0.5) is 17.2 Å². The molecule has 4 aromatic heterocycles. The number of nitrogens with one attached hydrogen (secondary N) is 2. The summed E-state index contributed by atoms with van der Waals surface area (Å²) in [5.74, 6) is 0.905. The van der Waals surface area contributed by atoms with Gasteiger partial charge in [-0.2, -0.15) is 20.1 Å². The summed E-state index contributed by atoms with van der Waals surface area (Å²) in [6.45, 7) is 4.94. The molecule has 0 radical (unpaired) electrons. The Hall–Kier alpha value is -5.25. The molecule has 0 fully saturated rings. The van der Waals surface area contributed by atoms with E-state index in [0.717, 1.165) is 5.56 Å². The van der Waals surface area contributed by atoms with Crippen LogP contribution in [0.15, 0.2) is 53.0 Å². The molecular weight excluding hydrogens is 448 g/mol. The first kappa shape index (κ1) is 21.6. The molecule has 0 spiro atoms. The standard InChI is InChI=1S/C22H18N12O/c1-12-17(11-23)20(33(30-12)22-24-9-4-10-25-22)29-28-18-13(2)31-34-21(18)27-19(32-34)15-5-7-16(8-6-15)26-14(3)35/h4-10H,1-3H3,(H,26,35)(H,27,32)/b29-28+. The molecule has 0 saturated carbocycles. The van der Waals surface area contributed by atoms with Crippen LogP contribution in [0.1, 0.15) is 23.9 Å². The van der Waals surface area contributed by atoms with Gasteiger partial charge in [0.05, 0.1) is 11.4 Å². The lowest BCUT2D eigenvalue weighted by Crippen LogP contribution is -2.05. The van der Waals surface area contributed by atoms with Gasteiger partial charge in [0.1, 0.15) is 11.6 Å². The van der Waals surface area contributed by atoms with Crippen LogP contribution in [-0.4, -0.2) is 45.5 Å². The van der Waals surface area contributed by atoms with Crippen LogP contribution in [0.25, 0.3) is 23.0 Å². The summed E-state index contributed by atoms with van der Waals surface area (Å²) in [4.78, 5) is 22.8. The first-order valence-corrected chi connectivity index (χ1v) is 10.5. The van der Waals surface area contributed by atoms with E-state index in [9.17, 15) is 10.1 Å². The van der Waals surface area contributed by atoms with Crippen molar-refractivity contribution in [2.75, 3.05) is 5.32 Å². The molecule has 172 valence electrons. The average molecular weight is 466 g/mol. The molecule has 1 amide bonds. The van der Waals surface area contributed by atoms with E-state index in [-0.39, 0.29) is 23.2 Å². The predicted molar refractivity (Wildman–Crippen MR) is 125 cm³/mol. The van der Waals surface area contributed by atoms with Gasteiger partial charge in [0.25, 0.3) is 5.95 Å². The third kappa shape index (κ3) is 4.00. The van der Waals surface area contributed by atoms with Gasteiger partial charge in [-0.05, 0) is 44.2 Å². The molecule has 5 aromatic rings. The van der Waals surface area contributed by atoms with Crippen LogP contribution in [0, 0.1) is 25.2 Å². The van der Waals surface area contributed by atoms with E-state index in [1.54, 1.807) is 44.4 Å². The maximum Gasteiger partial charge on any atom is 0.252 e. The minimum Gasteiger partial charge on any atom is -0.326 e. The Morgan fingerprint density at radius 3 is 2.49 bits per heavy atom. The summed E-state index contributed by atoms with van der Waals surface area (Å²) in [6, 6.07) is 11.0. The van der Waals surface area contributed by atoms with E-state index in [0.29, 0.717) is 34.2 Å². The number of aryl methyl sites for hydroxylation is 2. The van der Waals surface area contributed by atoms with E-state index in [1.165, 1.54) is 16.2 Å². The van der Waals surface area contributed by atoms with Gasteiger partial charge in [-0.25, -0.2) is 9.97 Å². The van der Waals surface area contributed by atoms with Gasteiger partial charge in [-0.3, -0.25) is 4.79 Å². The number of nitriles is 1.